The van der Waals surface area contributed by atoms with E-state index in [1.165, 1.54) is 0 Å². The number of benzene rings is 1. The summed E-state index contributed by atoms with van der Waals surface area (Å²) in [4.78, 5) is 28.3. The SMILES string of the molecule is Cc1cc(NC(=O)OCN2CCN(C(=O)OC(C)(C)C)CC2)nn1Cc1cc(Cl)cc2cc(C(C)C)oc12. The van der Waals surface area contributed by atoms with Crippen molar-refractivity contribution >= 4 is 40.6 Å². The second-order valence-corrected chi connectivity index (χ2v) is 11.3. The highest BCUT2D eigenvalue weighted by atomic mass is 35.5. The molecule has 0 unspecified atom stereocenters. The Balaban J connectivity index is 1.30. The van der Waals surface area contributed by atoms with Gasteiger partial charge in [-0.05, 0) is 45.9 Å². The fourth-order valence-electron chi connectivity index (χ4n) is 4.18. The maximum atomic E-state index is 12.4. The molecule has 0 saturated carbocycles. The average molecular weight is 546 g/mol. The Labute approximate surface area is 227 Å². The molecular weight excluding hydrogens is 510 g/mol. The van der Waals surface area contributed by atoms with Gasteiger partial charge in [-0.3, -0.25) is 14.9 Å². The van der Waals surface area contributed by atoms with Crippen LogP contribution in [0.5, 0.6) is 0 Å². The van der Waals surface area contributed by atoms with E-state index >= 15 is 0 Å². The van der Waals surface area contributed by atoms with Crippen molar-refractivity contribution in [3.05, 3.63) is 46.3 Å². The molecule has 2 amide bonds. The smallest absolute Gasteiger partial charge is 0.414 e. The van der Waals surface area contributed by atoms with E-state index in [0.717, 1.165) is 28.0 Å². The Morgan fingerprint density at radius 3 is 2.50 bits per heavy atom. The molecule has 1 saturated heterocycles. The maximum absolute atomic E-state index is 12.4. The number of hydrogen-bond acceptors (Lipinski definition) is 7. The van der Waals surface area contributed by atoms with Crippen LogP contribution in [-0.4, -0.2) is 70.3 Å². The fraction of sp³-hybridized carbons (Fsp3) is 0.519. The third kappa shape index (κ3) is 6.99. The molecule has 1 aromatic carbocycles. The number of anilines is 1. The molecule has 3 aromatic rings. The molecule has 4 rings (SSSR count). The lowest BCUT2D eigenvalue weighted by molar-refractivity contribution is 0.00213. The molecule has 1 N–H and O–H groups in total. The van der Waals surface area contributed by atoms with Crippen LogP contribution in [0.1, 0.15) is 57.6 Å². The molecule has 38 heavy (non-hydrogen) atoms. The number of amides is 2. The summed E-state index contributed by atoms with van der Waals surface area (Å²) >= 11 is 6.37. The number of nitrogens with one attached hydrogen (secondary N) is 1. The number of aryl methyl sites for hydroxylation is 1. The highest BCUT2D eigenvalue weighted by Crippen LogP contribution is 2.31. The molecule has 0 spiro atoms. The summed E-state index contributed by atoms with van der Waals surface area (Å²) in [6.45, 7) is 14.3. The van der Waals surface area contributed by atoms with Crippen LogP contribution in [0.2, 0.25) is 5.02 Å². The predicted octanol–water partition coefficient (Wildman–Crippen LogP) is 5.82. The van der Waals surface area contributed by atoms with Crippen LogP contribution < -0.4 is 5.32 Å². The quantitative estimate of drug-likeness (QED) is 0.416. The molecule has 206 valence electrons. The summed E-state index contributed by atoms with van der Waals surface area (Å²) in [5.41, 5.74) is 2.03. The fourth-order valence-corrected chi connectivity index (χ4v) is 4.43. The molecule has 11 heteroatoms. The van der Waals surface area contributed by atoms with Crippen molar-refractivity contribution in [2.45, 2.75) is 59.6 Å². The molecule has 3 heterocycles. The zero-order valence-electron chi connectivity index (χ0n) is 22.8. The van der Waals surface area contributed by atoms with E-state index in [9.17, 15) is 9.59 Å². The number of hydrogen-bond donors (Lipinski definition) is 1. The third-order valence-corrected chi connectivity index (χ3v) is 6.40. The topological polar surface area (TPSA) is 102 Å². The first-order valence-corrected chi connectivity index (χ1v) is 13.2. The summed E-state index contributed by atoms with van der Waals surface area (Å²) in [6, 6.07) is 7.57. The Hall–Kier alpha value is -3.24. The van der Waals surface area contributed by atoms with Gasteiger partial charge in [0.15, 0.2) is 5.82 Å². The first-order valence-electron chi connectivity index (χ1n) is 12.8. The first kappa shape index (κ1) is 27.8. The number of aromatic nitrogens is 2. The van der Waals surface area contributed by atoms with E-state index in [1.807, 2.05) is 50.8 Å². The van der Waals surface area contributed by atoms with Gasteiger partial charge in [0.05, 0.1) is 6.54 Å². The summed E-state index contributed by atoms with van der Waals surface area (Å²) in [6.07, 6.45) is -0.922. The molecule has 0 aliphatic carbocycles. The first-order chi connectivity index (χ1) is 17.9. The zero-order valence-corrected chi connectivity index (χ0v) is 23.6. The standard InChI is InChI=1S/C27H36ClN5O5/c1-17(2)22-14-19-12-21(28)13-20(24(19)37-22)15-33-18(3)11-23(30-33)29-25(34)36-16-31-7-9-32(10-8-31)26(35)38-27(4,5)6/h11-14,17H,7-10,15-16H2,1-6H3,(H,29,30,34). The molecule has 1 aliphatic heterocycles. The number of piperazine rings is 1. The van der Waals surface area contributed by atoms with Gasteiger partial charge >= 0.3 is 12.2 Å². The van der Waals surface area contributed by atoms with E-state index in [0.29, 0.717) is 43.6 Å². The van der Waals surface area contributed by atoms with Gasteiger partial charge in [0.25, 0.3) is 0 Å². The molecule has 1 aliphatic rings. The Bertz CT molecular complexity index is 1300. The molecule has 10 nitrogen and oxygen atoms in total. The van der Waals surface area contributed by atoms with E-state index in [-0.39, 0.29) is 18.7 Å². The van der Waals surface area contributed by atoms with E-state index in [2.05, 4.69) is 24.3 Å². The van der Waals surface area contributed by atoms with Crippen molar-refractivity contribution in [3.63, 3.8) is 0 Å². The van der Waals surface area contributed by atoms with Crippen molar-refractivity contribution in [1.82, 2.24) is 19.6 Å². The van der Waals surface area contributed by atoms with Crippen molar-refractivity contribution in [3.8, 4) is 0 Å². The van der Waals surface area contributed by atoms with Crippen LogP contribution in [0, 0.1) is 6.92 Å². The Morgan fingerprint density at radius 2 is 1.84 bits per heavy atom. The second kappa shape index (κ2) is 11.2. The number of nitrogens with zero attached hydrogens (tertiary/aromatic N) is 4. The normalized spacial score (nSPS) is 14.8. The minimum absolute atomic E-state index is 0.116. The van der Waals surface area contributed by atoms with Gasteiger partial charge in [0.2, 0.25) is 0 Å². The summed E-state index contributed by atoms with van der Waals surface area (Å²) in [7, 11) is 0. The Morgan fingerprint density at radius 1 is 1.13 bits per heavy atom. The highest BCUT2D eigenvalue weighted by Gasteiger charge is 2.26. The minimum atomic E-state index is -0.595. The molecule has 0 radical (unpaired) electrons. The minimum Gasteiger partial charge on any atom is -0.460 e. The van der Waals surface area contributed by atoms with Crippen molar-refractivity contribution in [2.24, 2.45) is 0 Å². The monoisotopic (exact) mass is 545 g/mol. The van der Waals surface area contributed by atoms with E-state index in [4.69, 9.17) is 25.5 Å². The van der Waals surface area contributed by atoms with Crippen molar-refractivity contribution in [2.75, 3.05) is 38.2 Å². The Kier molecular flexibility index (Phi) is 8.22. The molecule has 2 aromatic heterocycles. The summed E-state index contributed by atoms with van der Waals surface area (Å²) < 4.78 is 18.7. The second-order valence-electron chi connectivity index (χ2n) is 10.9. The van der Waals surface area contributed by atoms with Gasteiger partial charge in [-0.15, -0.1) is 0 Å². The lowest BCUT2D eigenvalue weighted by Gasteiger charge is -2.35. The lowest BCUT2D eigenvalue weighted by Crippen LogP contribution is -2.50. The van der Waals surface area contributed by atoms with Gasteiger partial charge < -0.3 is 18.8 Å². The third-order valence-electron chi connectivity index (χ3n) is 6.18. The van der Waals surface area contributed by atoms with Gasteiger partial charge in [-0.1, -0.05) is 25.4 Å². The van der Waals surface area contributed by atoms with Crippen LogP contribution >= 0.6 is 11.6 Å². The van der Waals surface area contributed by atoms with Gasteiger partial charge in [-0.2, -0.15) is 5.10 Å². The maximum Gasteiger partial charge on any atom is 0.414 e. The van der Waals surface area contributed by atoms with E-state index in [1.54, 1.807) is 15.6 Å². The van der Waals surface area contributed by atoms with Crippen LogP contribution in [0.3, 0.4) is 0 Å². The number of halogens is 1. The van der Waals surface area contributed by atoms with Gasteiger partial charge in [0.1, 0.15) is 23.7 Å². The average Bonchev–Trinajstić information content (AvgIpc) is 3.40. The van der Waals surface area contributed by atoms with Gasteiger partial charge in [-0.25, -0.2) is 9.59 Å². The zero-order chi connectivity index (χ0) is 27.6. The number of furan rings is 1. The molecule has 0 bridgehead atoms. The number of carbonyl (C=O) groups excluding carboxylic acids is 2. The van der Waals surface area contributed by atoms with E-state index < -0.39 is 11.7 Å². The molecule has 0 atom stereocenters. The number of fused-ring (bicyclic) bond motifs is 1. The van der Waals surface area contributed by atoms with Crippen LogP contribution in [-0.2, 0) is 16.0 Å². The molecular formula is C27H36ClN5O5. The van der Waals surface area contributed by atoms with Crippen molar-refractivity contribution < 1.29 is 23.5 Å². The van der Waals surface area contributed by atoms with Crippen LogP contribution in [0.4, 0.5) is 15.4 Å². The molecule has 1 fully saturated rings. The number of carbonyl (C=O) groups is 2. The highest BCUT2D eigenvalue weighted by molar-refractivity contribution is 6.31. The summed E-state index contributed by atoms with van der Waals surface area (Å²) in [5, 5.41) is 8.80. The van der Waals surface area contributed by atoms with Gasteiger partial charge in [0, 0.05) is 59.8 Å². The lowest BCUT2D eigenvalue weighted by atomic mass is 10.1. The number of ether oxygens (including phenoxy) is 2. The number of rotatable bonds is 6. The predicted molar refractivity (Wildman–Crippen MR) is 146 cm³/mol. The summed E-state index contributed by atoms with van der Waals surface area (Å²) in [5.74, 6) is 1.55. The van der Waals surface area contributed by atoms with Crippen molar-refractivity contribution in [1.29, 1.82) is 0 Å². The van der Waals surface area contributed by atoms with Crippen LogP contribution in [0.25, 0.3) is 11.0 Å². The van der Waals surface area contributed by atoms with Crippen LogP contribution in [0.15, 0.2) is 28.7 Å². The largest absolute Gasteiger partial charge is 0.460 e.